The van der Waals surface area contributed by atoms with E-state index in [4.69, 9.17) is 4.74 Å². The molecule has 0 saturated carbocycles. The van der Waals surface area contributed by atoms with E-state index in [2.05, 4.69) is 92.6 Å². The van der Waals surface area contributed by atoms with Crippen LogP contribution in [0.3, 0.4) is 0 Å². The maximum atomic E-state index is 6.27. The minimum Gasteiger partial charge on any atom is -1.00 e. The van der Waals surface area contributed by atoms with Gasteiger partial charge in [0.25, 0.3) is 5.01 Å². The van der Waals surface area contributed by atoms with Gasteiger partial charge in [0.15, 0.2) is 5.75 Å². The predicted octanol–water partition coefficient (Wildman–Crippen LogP) is 3.38. The Labute approximate surface area is 200 Å². The summed E-state index contributed by atoms with van der Waals surface area (Å²) in [5, 5.41) is 1.28. The second-order valence-corrected chi connectivity index (χ2v) is 8.52. The summed E-state index contributed by atoms with van der Waals surface area (Å²) in [4.78, 5) is 2.27. The SMILES string of the molecule is CCC(=C\c1sc2ccccc2[n+]1CC)/C=C1/Oc2cc(C)c(C)cc2N1CC.[I-]. The van der Waals surface area contributed by atoms with Crippen LogP contribution in [0.1, 0.15) is 43.3 Å². The van der Waals surface area contributed by atoms with Gasteiger partial charge < -0.3 is 33.6 Å². The van der Waals surface area contributed by atoms with Crippen LogP contribution in [0.25, 0.3) is 16.3 Å². The van der Waals surface area contributed by atoms with Crippen molar-refractivity contribution >= 4 is 33.3 Å². The Morgan fingerprint density at radius 1 is 1.10 bits per heavy atom. The number of hydrogen-bond acceptors (Lipinski definition) is 3. The first-order chi connectivity index (χ1) is 14.0. The summed E-state index contributed by atoms with van der Waals surface area (Å²) in [7, 11) is 0. The minimum absolute atomic E-state index is 0. The quantitative estimate of drug-likeness (QED) is 0.370. The molecule has 0 aliphatic carbocycles. The topological polar surface area (TPSA) is 16.4 Å². The Morgan fingerprint density at radius 2 is 1.83 bits per heavy atom. The summed E-state index contributed by atoms with van der Waals surface area (Å²) >= 11 is 1.85. The molecule has 0 amide bonds. The van der Waals surface area contributed by atoms with E-state index in [1.54, 1.807) is 0 Å². The molecule has 0 unspecified atom stereocenters. The number of para-hydroxylation sites is 1. The van der Waals surface area contributed by atoms with Gasteiger partial charge in [0, 0.05) is 24.8 Å². The van der Waals surface area contributed by atoms with Crippen LogP contribution in [0.5, 0.6) is 5.75 Å². The fourth-order valence-corrected chi connectivity index (χ4v) is 5.04. The highest BCUT2D eigenvalue weighted by atomic mass is 127. The number of fused-ring (bicyclic) bond motifs is 2. The fourth-order valence-electron chi connectivity index (χ4n) is 3.84. The van der Waals surface area contributed by atoms with E-state index in [9.17, 15) is 0 Å². The average Bonchev–Trinajstić information content (AvgIpc) is 3.24. The number of aryl methyl sites for hydroxylation is 3. The number of benzene rings is 2. The molecule has 1 aromatic heterocycles. The fraction of sp³-hybridized carbons (Fsp3) is 0.320. The summed E-state index contributed by atoms with van der Waals surface area (Å²) in [6.45, 7) is 12.7. The zero-order valence-electron chi connectivity index (χ0n) is 18.3. The van der Waals surface area contributed by atoms with Gasteiger partial charge in [-0.05, 0) is 69.0 Å². The molecule has 3 aromatic rings. The molecule has 158 valence electrons. The molecule has 1 aliphatic rings. The molecule has 3 nitrogen and oxygen atoms in total. The number of halogens is 1. The van der Waals surface area contributed by atoms with E-state index < -0.39 is 0 Å². The number of anilines is 1. The normalized spacial score (nSPS) is 14.8. The molecule has 0 saturated heterocycles. The van der Waals surface area contributed by atoms with Crippen LogP contribution in [-0.2, 0) is 6.54 Å². The number of ether oxygens (including phenoxy) is 1. The Hall–Kier alpha value is -1.86. The van der Waals surface area contributed by atoms with Crippen LogP contribution in [0.15, 0.2) is 53.9 Å². The molecular formula is C25H29IN2OS. The highest BCUT2D eigenvalue weighted by Crippen LogP contribution is 2.41. The van der Waals surface area contributed by atoms with E-state index in [0.717, 1.165) is 31.1 Å². The zero-order valence-corrected chi connectivity index (χ0v) is 21.3. The number of allylic oxidation sites excluding steroid dienone is 2. The molecule has 0 bridgehead atoms. The van der Waals surface area contributed by atoms with E-state index in [-0.39, 0.29) is 24.0 Å². The zero-order chi connectivity index (χ0) is 20.5. The second-order valence-electron chi connectivity index (χ2n) is 7.46. The van der Waals surface area contributed by atoms with Crippen molar-refractivity contribution in [2.24, 2.45) is 0 Å². The first-order valence-electron chi connectivity index (χ1n) is 10.5. The Kier molecular flexibility index (Phi) is 7.24. The molecule has 0 radical (unpaired) electrons. The Morgan fingerprint density at radius 3 is 2.53 bits per heavy atom. The molecule has 0 atom stereocenters. The Bertz CT molecular complexity index is 1130. The van der Waals surface area contributed by atoms with Gasteiger partial charge >= 0.3 is 0 Å². The van der Waals surface area contributed by atoms with Crippen LogP contribution >= 0.6 is 11.3 Å². The average molecular weight is 532 g/mol. The standard InChI is InChI=1S/C25H29N2OS.HI/c1-6-19(16-25-27(8-3)20-11-9-10-12-23(20)29-25)15-24-26(7-2)21-13-17(4)18(5)14-22(21)28-24;/h9-16H,6-8H2,1-5H3;1H/q+1;/p-1. The van der Waals surface area contributed by atoms with Crippen LogP contribution in [0, 0.1) is 13.8 Å². The van der Waals surface area contributed by atoms with E-state index in [1.165, 1.54) is 37.6 Å². The molecule has 0 N–H and O–H groups in total. The maximum absolute atomic E-state index is 6.27. The van der Waals surface area contributed by atoms with Crippen molar-refractivity contribution in [1.82, 2.24) is 0 Å². The van der Waals surface area contributed by atoms with Crippen LogP contribution < -0.4 is 38.2 Å². The second kappa shape index (κ2) is 9.52. The van der Waals surface area contributed by atoms with Gasteiger partial charge in [-0.25, -0.2) is 0 Å². The van der Waals surface area contributed by atoms with Crippen molar-refractivity contribution in [3.05, 3.63) is 70.1 Å². The molecule has 0 spiro atoms. The molecule has 2 aromatic carbocycles. The lowest BCUT2D eigenvalue weighted by molar-refractivity contribution is -0.665. The molecule has 2 heterocycles. The van der Waals surface area contributed by atoms with Gasteiger partial charge in [0.05, 0.1) is 5.69 Å². The number of nitrogens with zero attached hydrogens (tertiary/aromatic N) is 2. The van der Waals surface area contributed by atoms with Gasteiger partial charge in [0.1, 0.15) is 11.2 Å². The van der Waals surface area contributed by atoms with E-state index >= 15 is 0 Å². The van der Waals surface area contributed by atoms with Crippen LogP contribution in [-0.4, -0.2) is 6.54 Å². The van der Waals surface area contributed by atoms with Crippen LogP contribution in [0.2, 0.25) is 0 Å². The molecule has 4 rings (SSSR count). The van der Waals surface area contributed by atoms with Gasteiger partial charge in [-0.3, -0.25) is 0 Å². The Balaban J connectivity index is 0.00000256. The first kappa shape index (κ1) is 22.8. The summed E-state index contributed by atoms with van der Waals surface area (Å²) in [6.07, 6.45) is 5.48. The van der Waals surface area contributed by atoms with Crippen molar-refractivity contribution in [1.29, 1.82) is 0 Å². The lowest BCUT2D eigenvalue weighted by Gasteiger charge is -2.16. The van der Waals surface area contributed by atoms with Crippen molar-refractivity contribution < 1.29 is 33.3 Å². The smallest absolute Gasteiger partial charge is 0.263 e. The first-order valence-corrected chi connectivity index (χ1v) is 11.3. The lowest BCUT2D eigenvalue weighted by Crippen LogP contribution is -3.00. The largest absolute Gasteiger partial charge is 1.00 e. The van der Waals surface area contributed by atoms with Gasteiger partial charge in [0.2, 0.25) is 11.4 Å². The van der Waals surface area contributed by atoms with Crippen molar-refractivity contribution in [3.63, 3.8) is 0 Å². The monoisotopic (exact) mass is 532 g/mol. The third-order valence-corrected chi connectivity index (χ3v) is 6.75. The number of rotatable bonds is 5. The predicted molar refractivity (Wildman–Crippen MR) is 124 cm³/mol. The van der Waals surface area contributed by atoms with Crippen LogP contribution in [0.4, 0.5) is 5.69 Å². The number of hydrogen-bond donors (Lipinski definition) is 0. The van der Waals surface area contributed by atoms with Crippen molar-refractivity contribution in [2.75, 3.05) is 11.4 Å². The third-order valence-electron chi connectivity index (χ3n) is 5.64. The number of aromatic nitrogens is 1. The molecular weight excluding hydrogens is 503 g/mol. The van der Waals surface area contributed by atoms with Crippen molar-refractivity contribution in [3.8, 4) is 5.75 Å². The third kappa shape index (κ3) is 4.14. The summed E-state index contributed by atoms with van der Waals surface area (Å²) in [5.74, 6) is 1.88. The minimum atomic E-state index is 0. The maximum Gasteiger partial charge on any atom is 0.263 e. The molecule has 0 fully saturated rings. The number of thiazole rings is 1. The lowest BCUT2D eigenvalue weighted by atomic mass is 10.1. The van der Waals surface area contributed by atoms with Gasteiger partial charge in [-0.1, -0.05) is 30.4 Å². The van der Waals surface area contributed by atoms with Gasteiger partial charge in [-0.2, -0.15) is 4.57 Å². The van der Waals surface area contributed by atoms with Crippen molar-refractivity contribution in [2.45, 2.75) is 47.6 Å². The van der Waals surface area contributed by atoms with E-state index in [1.807, 2.05) is 11.3 Å². The van der Waals surface area contributed by atoms with Gasteiger partial charge in [-0.15, -0.1) is 0 Å². The highest BCUT2D eigenvalue weighted by molar-refractivity contribution is 7.18. The molecule has 30 heavy (non-hydrogen) atoms. The molecule has 5 heteroatoms. The van der Waals surface area contributed by atoms with E-state index in [0.29, 0.717) is 0 Å². The highest BCUT2D eigenvalue weighted by Gasteiger charge is 2.26. The summed E-state index contributed by atoms with van der Waals surface area (Å²) < 4.78 is 9.99. The summed E-state index contributed by atoms with van der Waals surface area (Å²) in [6, 6.07) is 13.0. The summed E-state index contributed by atoms with van der Waals surface area (Å²) in [5.41, 5.74) is 6.31. The molecule has 1 aliphatic heterocycles.